The van der Waals surface area contributed by atoms with Gasteiger partial charge in [0.25, 0.3) is 0 Å². The minimum Gasteiger partial charge on any atom is -0.324 e. The Morgan fingerprint density at radius 2 is 2.17 bits per heavy atom. The van der Waals surface area contributed by atoms with Crippen molar-refractivity contribution in [3.63, 3.8) is 0 Å². The number of rotatable bonds is 2. The first-order valence-corrected chi connectivity index (χ1v) is 8.62. The Morgan fingerprint density at radius 3 is 3.04 bits per heavy atom. The first-order chi connectivity index (χ1) is 11.7. The number of likely N-dealkylation sites (tertiary alicyclic amines) is 1. The lowest BCUT2D eigenvalue weighted by molar-refractivity contribution is 0.190. The number of carbonyl (C=O) groups is 1. The Kier molecular flexibility index (Phi) is 3.92. The molecule has 0 aromatic carbocycles. The van der Waals surface area contributed by atoms with Gasteiger partial charge in [-0.3, -0.25) is 5.32 Å². The number of anilines is 1. The number of amides is 2. The van der Waals surface area contributed by atoms with E-state index >= 15 is 0 Å². The van der Waals surface area contributed by atoms with Gasteiger partial charge in [0.2, 0.25) is 0 Å². The Morgan fingerprint density at radius 1 is 1.25 bits per heavy atom. The Hall–Kier alpha value is -2.44. The van der Waals surface area contributed by atoms with Gasteiger partial charge in [0.05, 0.1) is 0 Å². The summed E-state index contributed by atoms with van der Waals surface area (Å²) in [5.41, 5.74) is 0.892. The molecule has 1 saturated heterocycles. The molecular weight excluding hydrogens is 304 g/mol. The third-order valence-electron chi connectivity index (χ3n) is 4.84. The van der Waals surface area contributed by atoms with E-state index in [1.807, 2.05) is 30.0 Å². The van der Waals surface area contributed by atoms with Crippen LogP contribution in [0.2, 0.25) is 0 Å². The Labute approximate surface area is 141 Å². The molecule has 7 nitrogen and oxygen atoms in total. The lowest BCUT2D eigenvalue weighted by atomic mass is 9.97. The molecule has 2 aromatic heterocycles. The van der Waals surface area contributed by atoms with E-state index in [-0.39, 0.29) is 11.9 Å². The molecule has 0 bridgehead atoms. The zero-order chi connectivity index (χ0) is 16.5. The van der Waals surface area contributed by atoms with Gasteiger partial charge in [-0.15, -0.1) is 10.2 Å². The molecule has 1 atom stereocenters. The van der Waals surface area contributed by atoms with E-state index in [9.17, 15) is 4.79 Å². The van der Waals surface area contributed by atoms with Gasteiger partial charge in [-0.05, 0) is 38.3 Å². The first kappa shape index (κ1) is 15.1. The molecule has 0 aliphatic carbocycles. The van der Waals surface area contributed by atoms with Crippen molar-refractivity contribution in [3.8, 4) is 0 Å². The highest BCUT2D eigenvalue weighted by Gasteiger charge is 2.30. The van der Waals surface area contributed by atoms with Gasteiger partial charge >= 0.3 is 6.03 Å². The van der Waals surface area contributed by atoms with Crippen LogP contribution in [0.5, 0.6) is 0 Å². The SMILES string of the molecule is Cc1cccc(NC(=O)N2CCCC(c3nnc4n3CCC4)C2)n1. The minimum absolute atomic E-state index is 0.0843. The van der Waals surface area contributed by atoms with Crippen molar-refractivity contribution in [3.05, 3.63) is 35.5 Å². The number of carbonyl (C=O) groups excluding carboxylic acids is 1. The maximum absolute atomic E-state index is 12.6. The van der Waals surface area contributed by atoms with Crippen LogP contribution in [0.4, 0.5) is 10.6 Å². The number of piperidine rings is 1. The van der Waals surface area contributed by atoms with E-state index in [1.165, 1.54) is 0 Å². The summed E-state index contributed by atoms with van der Waals surface area (Å²) < 4.78 is 2.24. The fourth-order valence-corrected chi connectivity index (χ4v) is 3.65. The second-order valence-corrected chi connectivity index (χ2v) is 6.61. The predicted octanol–water partition coefficient (Wildman–Crippen LogP) is 2.34. The number of pyridine rings is 1. The van der Waals surface area contributed by atoms with Gasteiger partial charge in [-0.25, -0.2) is 9.78 Å². The molecule has 0 saturated carbocycles. The number of nitrogens with zero attached hydrogens (tertiary/aromatic N) is 5. The molecule has 1 unspecified atom stereocenters. The molecule has 1 N–H and O–H groups in total. The number of hydrogen-bond acceptors (Lipinski definition) is 4. The summed E-state index contributed by atoms with van der Waals surface area (Å²) in [6.07, 6.45) is 4.21. The average Bonchev–Trinajstić information content (AvgIpc) is 3.18. The summed E-state index contributed by atoms with van der Waals surface area (Å²) in [7, 11) is 0. The average molecular weight is 326 g/mol. The second-order valence-electron chi connectivity index (χ2n) is 6.61. The van der Waals surface area contributed by atoms with Crippen LogP contribution in [-0.4, -0.2) is 43.8 Å². The Balaban J connectivity index is 1.45. The molecule has 4 rings (SSSR count). The molecule has 0 spiro atoms. The zero-order valence-corrected chi connectivity index (χ0v) is 13.9. The normalized spacial score (nSPS) is 20.0. The zero-order valence-electron chi connectivity index (χ0n) is 13.9. The largest absolute Gasteiger partial charge is 0.324 e. The maximum atomic E-state index is 12.6. The summed E-state index contributed by atoms with van der Waals surface area (Å²) in [5, 5.41) is 11.6. The molecule has 2 aliphatic rings. The number of fused-ring (bicyclic) bond motifs is 1. The van der Waals surface area contributed by atoms with Crippen molar-refractivity contribution in [1.29, 1.82) is 0 Å². The van der Waals surface area contributed by atoms with Crippen LogP contribution in [0.25, 0.3) is 0 Å². The Bertz CT molecular complexity index is 755. The number of nitrogens with one attached hydrogen (secondary N) is 1. The van der Waals surface area contributed by atoms with Crippen molar-refractivity contribution < 1.29 is 4.79 Å². The number of urea groups is 1. The van der Waals surface area contributed by atoms with E-state index in [2.05, 4.69) is 25.1 Å². The third-order valence-corrected chi connectivity index (χ3v) is 4.84. The van der Waals surface area contributed by atoms with E-state index in [1.54, 1.807) is 0 Å². The van der Waals surface area contributed by atoms with Crippen molar-refractivity contribution in [2.24, 2.45) is 0 Å². The van der Waals surface area contributed by atoms with Gasteiger partial charge in [-0.2, -0.15) is 0 Å². The standard InChI is InChI=1S/C17H22N6O/c1-12-5-2-7-14(18-12)19-17(24)22-9-3-6-13(11-22)16-21-20-15-8-4-10-23(15)16/h2,5,7,13H,3-4,6,8-11H2,1H3,(H,18,19,24). The lowest BCUT2D eigenvalue weighted by Crippen LogP contribution is -2.42. The monoisotopic (exact) mass is 326 g/mol. The third kappa shape index (κ3) is 2.86. The molecule has 7 heteroatoms. The summed E-state index contributed by atoms with van der Waals surface area (Å²) in [4.78, 5) is 18.8. The smallest absolute Gasteiger partial charge is 0.323 e. The molecule has 4 heterocycles. The molecule has 2 aromatic rings. The fraction of sp³-hybridized carbons (Fsp3) is 0.529. The molecule has 126 valence electrons. The van der Waals surface area contributed by atoms with E-state index in [0.717, 1.165) is 56.1 Å². The van der Waals surface area contributed by atoms with Gasteiger partial charge in [0.15, 0.2) is 0 Å². The lowest BCUT2D eigenvalue weighted by Gasteiger charge is -2.32. The van der Waals surface area contributed by atoms with Crippen LogP contribution in [0.3, 0.4) is 0 Å². The maximum Gasteiger partial charge on any atom is 0.323 e. The molecule has 2 aliphatic heterocycles. The summed E-state index contributed by atoms with van der Waals surface area (Å²) in [6, 6.07) is 5.55. The van der Waals surface area contributed by atoms with Gasteiger partial charge in [0.1, 0.15) is 17.5 Å². The highest BCUT2D eigenvalue weighted by molar-refractivity contribution is 5.88. The molecule has 0 radical (unpaired) electrons. The van der Waals surface area contributed by atoms with Crippen molar-refractivity contribution in [1.82, 2.24) is 24.6 Å². The molecule has 24 heavy (non-hydrogen) atoms. The van der Waals surface area contributed by atoms with Crippen LogP contribution in [0, 0.1) is 6.92 Å². The van der Waals surface area contributed by atoms with E-state index in [4.69, 9.17) is 0 Å². The minimum atomic E-state index is -0.0843. The van der Waals surface area contributed by atoms with Gasteiger partial charge in [0, 0.05) is 37.7 Å². The molecule has 2 amide bonds. The van der Waals surface area contributed by atoms with Crippen LogP contribution in [-0.2, 0) is 13.0 Å². The number of aryl methyl sites for hydroxylation is 2. The first-order valence-electron chi connectivity index (χ1n) is 8.62. The van der Waals surface area contributed by atoms with Gasteiger partial charge < -0.3 is 9.47 Å². The fourth-order valence-electron chi connectivity index (χ4n) is 3.65. The highest BCUT2D eigenvalue weighted by Crippen LogP contribution is 2.28. The van der Waals surface area contributed by atoms with Crippen LogP contribution < -0.4 is 5.32 Å². The van der Waals surface area contributed by atoms with Crippen molar-refractivity contribution >= 4 is 11.8 Å². The van der Waals surface area contributed by atoms with Crippen LogP contribution >= 0.6 is 0 Å². The van der Waals surface area contributed by atoms with E-state index in [0.29, 0.717) is 12.4 Å². The summed E-state index contributed by atoms with van der Waals surface area (Å²) in [5.74, 6) is 3.02. The number of hydrogen-bond donors (Lipinski definition) is 1. The second kappa shape index (κ2) is 6.22. The van der Waals surface area contributed by atoms with Crippen molar-refractivity contribution in [2.75, 3.05) is 18.4 Å². The molecule has 1 fully saturated rings. The highest BCUT2D eigenvalue weighted by atomic mass is 16.2. The summed E-state index contributed by atoms with van der Waals surface area (Å²) in [6.45, 7) is 4.39. The van der Waals surface area contributed by atoms with Crippen LogP contribution in [0.15, 0.2) is 18.2 Å². The van der Waals surface area contributed by atoms with Gasteiger partial charge in [-0.1, -0.05) is 6.07 Å². The predicted molar refractivity (Wildman–Crippen MR) is 89.9 cm³/mol. The van der Waals surface area contributed by atoms with Crippen LogP contribution in [0.1, 0.15) is 42.5 Å². The van der Waals surface area contributed by atoms with Crippen molar-refractivity contribution in [2.45, 2.75) is 45.1 Å². The van der Waals surface area contributed by atoms with E-state index < -0.39 is 0 Å². The number of aromatic nitrogens is 4. The summed E-state index contributed by atoms with van der Waals surface area (Å²) >= 11 is 0. The molecular formula is C17H22N6O. The topological polar surface area (TPSA) is 75.9 Å². The quantitative estimate of drug-likeness (QED) is 0.919.